The summed E-state index contributed by atoms with van der Waals surface area (Å²) < 4.78 is 26.5. The van der Waals surface area contributed by atoms with E-state index < -0.39 is 41.6 Å². The molecule has 15 heteroatoms. The summed E-state index contributed by atoms with van der Waals surface area (Å²) in [5.41, 5.74) is 12.9. The molecule has 334 valence electrons. The van der Waals surface area contributed by atoms with Crippen LogP contribution in [0.1, 0.15) is 42.9 Å². The Bertz CT molecular complexity index is 3560. The van der Waals surface area contributed by atoms with Crippen LogP contribution in [0.2, 0.25) is 0 Å². The molecular formula is C53H41N9O6. The van der Waals surface area contributed by atoms with Gasteiger partial charge in [0, 0.05) is 93.8 Å². The highest BCUT2D eigenvalue weighted by molar-refractivity contribution is 5.99. The lowest BCUT2D eigenvalue weighted by atomic mass is 10.0. The molecular weight excluding hydrogens is 859 g/mol. The van der Waals surface area contributed by atoms with Crippen molar-refractivity contribution in [2.45, 2.75) is 44.2 Å². The van der Waals surface area contributed by atoms with E-state index >= 15 is 0 Å². The van der Waals surface area contributed by atoms with Gasteiger partial charge >= 0.3 is 5.69 Å². The van der Waals surface area contributed by atoms with Crippen LogP contribution >= 0.6 is 0 Å². The number of hydrogen-bond donors (Lipinski definition) is 3. The second-order valence-corrected chi connectivity index (χ2v) is 17.2. The van der Waals surface area contributed by atoms with Gasteiger partial charge in [-0.1, -0.05) is 12.1 Å². The minimum atomic E-state index is -0.916. The fraction of sp³-hybridized carbons (Fsp3) is 0.151. The average Bonchev–Trinajstić information content (AvgIpc) is 4.23. The standard InChI is InChI=1S/C53H41N9O6/c1-53(2)67-49-43(66-51(50(49)68-53)62-28-21-44(63)61-52(62)64)29-65-34-5-3-30(4-6-34)45-35-7-9-37(57-35)46(31-15-22-54-23-16-31)39-11-13-41(59-39)48(33-19-26-56-27-20-33)42-14-12-40(60-42)47(32-17-24-55-25-18-32)38-10-8-36(45)58-38/h3-28,43,49-51,57,60H,29H2,1-2H3,(H,61,63,64)/t43-,49-,50-,51-/m1/s1. The number of aromatic nitrogens is 9. The van der Waals surface area contributed by atoms with Crippen LogP contribution < -0.4 is 16.0 Å². The van der Waals surface area contributed by atoms with E-state index in [1.54, 1.807) is 37.2 Å². The normalized spacial score (nSPS) is 19.0. The molecule has 2 saturated heterocycles. The maximum atomic E-state index is 12.8. The smallest absolute Gasteiger partial charge is 0.330 e. The van der Waals surface area contributed by atoms with Gasteiger partial charge < -0.3 is 28.9 Å². The zero-order valence-corrected chi connectivity index (χ0v) is 36.7. The van der Waals surface area contributed by atoms with Crippen LogP contribution in [-0.2, 0) is 14.2 Å². The Hall–Kier alpha value is -8.37. The van der Waals surface area contributed by atoms with Gasteiger partial charge in [0.1, 0.15) is 30.7 Å². The monoisotopic (exact) mass is 899 g/mol. The molecule has 4 aliphatic heterocycles. The Kier molecular flexibility index (Phi) is 9.97. The molecule has 0 radical (unpaired) electrons. The van der Waals surface area contributed by atoms with E-state index in [9.17, 15) is 9.59 Å². The third-order valence-electron chi connectivity index (χ3n) is 12.5. The number of pyridine rings is 3. The lowest BCUT2D eigenvalue weighted by molar-refractivity contribution is -0.199. The van der Waals surface area contributed by atoms with Gasteiger partial charge in [-0.25, -0.2) is 14.8 Å². The quantitative estimate of drug-likeness (QED) is 0.132. The van der Waals surface area contributed by atoms with Crippen LogP contribution in [0, 0.1) is 0 Å². The second-order valence-electron chi connectivity index (χ2n) is 17.2. The minimum Gasteiger partial charge on any atom is -0.491 e. The van der Waals surface area contributed by atoms with Crippen molar-refractivity contribution in [3.05, 3.63) is 178 Å². The van der Waals surface area contributed by atoms with Crippen molar-refractivity contribution in [3.8, 4) is 50.3 Å². The number of fused-ring (bicyclic) bond motifs is 9. The summed E-state index contributed by atoms with van der Waals surface area (Å²) in [7, 11) is 0. The van der Waals surface area contributed by atoms with Gasteiger partial charge in [0.25, 0.3) is 5.56 Å². The molecule has 0 unspecified atom stereocenters. The number of hydrogen-bond acceptors (Lipinski definition) is 11. The summed E-state index contributed by atoms with van der Waals surface area (Å²) >= 11 is 0. The Morgan fingerprint density at radius 1 is 0.544 bits per heavy atom. The van der Waals surface area contributed by atoms with E-state index in [0.717, 1.165) is 89.4 Å². The van der Waals surface area contributed by atoms with Crippen molar-refractivity contribution in [3.63, 3.8) is 0 Å². The van der Waals surface area contributed by atoms with Crippen LogP contribution in [0.3, 0.4) is 0 Å². The third kappa shape index (κ3) is 7.44. The number of benzene rings is 1. The molecule has 4 atom stereocenters. The lowest BCUT2D eigenvalue weighted by Gasteiger charge is -2.24. The molecule has 1 aromatic carbocycles. The Labute approximate surface area is 387 Å². The van der Waals surface area contributed by atoms with Crippen LogP contribution in [0.25, 0.3) is 90.9 Å². The maximum absolute atomic E-state index is 12.8. The van der Waals surface area contributed by atoms with Gasteiger partial charge in [0.15, 0.2) is 12.0 Å². The van der Waals surface area contributed by atoms with E-state index in [1.807, 2.05) is 74.5 Å². The summed E-state index contributed by atoms with van der Waals surface area (Å²) in [5, 5.41) is 0. The number of H-pyrrole nitrogens is 3. The van der Waals surface area contributed by atoms with Gasteiger partial charge in [-0.15, -0.1) is 0 Å². The molecule has 0 saturated carbocycles. The Morgan fingerprint density at radius 3 is 1.41 bits per heavy atom. The second kappa shape index (κ2) is 16.5. The Morgan fingerprint density at radius 2 is 0.971 bits per heavy atom. The lowest BCUT2D eigenvalue weighted by Crippen LogP contribution is -2.37. The van der Waals surface area contributed by atoms with E-state index in [2.05, 4.69) is 78.5 Å². The van der Waals surface area contributed by atoms with Gasteiger partial charge in [-0.3, -0.25) is 29.3 Å². The fourth-order valence-electron chi connectivity index (χ4n) is 9.52. The summed E-state index contributed by atoms with van der Waals surface area (Å²) in [6, 6.07) is 29.4. The number of ether oxygens (including phenoxy) is 4. The topological polar surface area (TPSA) is 188 Å². The summed E-state index contributed by atoms with van der Waals surface area (Å²) in [6.07, 6.45) is 17.8. The van der Waals surface area contributed by atoms with Gasteiger partial charge in [-0.05, 0) is 133 Å². The number of nitrogens with zero attached hydrogens (tertiary/aromatic N) is 6. The highest BCUT2D eigenvalue weighted by atomic mass is 16.8. The predicted molar refractivity (Wildman–Crippen MR) is 259 cm³/mol. The van der Waals surface area contributed by atoms with Crippen molar-refractivity contribution in [2.75, 3.05) is 6.61 Å². The van der Waals surface area contributed by atoms with Gasteiger partial charge in [0.2, 0.25) is 0 Å². The van der Waals surface area contributed by atoms with Crippen LogP contribution in [0.4, 0.5) is 0 Å². The molecule has 4 aliphatic rings. The molecule has 15 nitrogen and oxygen atoms in total. The first kappa shape index (κ1) is 41.1. The molecule has 11 heterocycles. The highest BCUT2D eigenvalue weighted by Gasteiger charge is 2.56. The van der Waals surface area contributed by atoms with Crippen LogP contribution in [-0.4, -0.2) is 75.1 Å². The number of nitrogens with one attached hydrogen (secondary N) is 3. The zero-order valence-electron chi connectivity index (χ0n) is 36.7. The van der Waals surface area contributed by atoms with Gasteiger partial charge in [-0.2, -0.15) is 0 Å². The van der Waals surface area contributed by atoms with Crippen molar-refractivity contribution in [2.24, 2.45) is 0 Å². The van der Waals surface area contributed by atoms with E-state index in [1.165, 1.54) is 16.8 Å². The third-order valence-corrected chi connectivity index (χ3v) is 12.5. The van der Waals surface area contributed by atoms with Crippen LogP contribution in [0.5, 0.6) is 5.75 Å². The molecule has 3 N–H and O–H groups in total. The Balaban J connectivity index is 0.998. The summed E-state index contributed by atoms with van der Waals surface area (Å²) in [6.45, 7) is 3.74. The summed E-state index contributed by atoms with van der Waals surface area (Å²) in [4.78, 5) is 58.2. The van der Waals surface area contributed by atoms with E-state index in [-0.39, 0.29) is 6.61 Å². The fourth-order valence-corrected chi connectivity index (χ4v) is 9.52. The first-order chi connectivity index (χ1) is 33.2. The maximum Gasteiger partial charge on any atom is 0.330 e. The number of rotatable bonds is 8. The molecule has 2 fully saturated rings. The highest BCUT2D eigenvalue weighted by Crippen LogP contribution is 2.43. The molecule has 8 bridgehead atoms. The minimum absolute atomic E-state index is 0.111. The first-order valence-electron chi connectivity index (χ1n) is 22.2. The van der Waals surface area contributed by atoms with Crippen LogP contribution in [0.15, 0.2) is 144 Å². The predicted octanol–water partition coefficient (Wildman–Crippen LogP) is 8.86. The number of aromatic amines is 3. The SMILES string of the molecule is CC1(C)O[C@@H]2[C@H](O1)[C@@H](COc1ccc(-c3c4nc(c(-c5ccncc5)c5ccc([nH]5)c(-c5ccncc5)c5nc(c(-c6ccncc6)c6ccc3[nH]6)C=C5)C=C4)cc1)O[C@H]2n1ccc(=O)[nH]c1=O. The van der Waals surface area contributed by atoms with Crippen molar-refractivity contribution in [1.29, 1.82) is 0 Å². The molecule has 7 aromatic heterocycles. The van der Waals surface area contributed by atoms with Crippen molar-refractivity contribution in [1.82, 2.24) is 44.4 Å². The molecule has 8 aromatic rings. The molecule has 68 heavy (non-hydrogen) atoms. The molecule has 12 rings (SSSR count). The average molecular weight is 900 g/mol. The molecule has 0 aliphatic carbocycles. The first-order valence-corrected chi connectivity index (χ1v) is 22.2. The molecule has 0 amide bonds. The van der Waals surface area contributed by atoms with E-state index in [0.29, 0.717) is 5.75 Å². The van der Waals surface area contributed by atoms with Crippen molar-refractivity contribution >= 4 is 46.4 Å². The van der Waals surface area contributed by atoms with Gasteiger partial charge in [0.05, 0.1) is 22.8 Å². The summed E-state index contributed by atoms with van der Waals surface area (Å²) in [5.74, 6) is -0.320. The zero-order chi connectivity index (χ0) is 45.9. The molecule has 0 spiro atoms. The largest absolute Gasteiger partial charge is 0.491 e. The van der Waals surface area contributed by atoms with E-state index in [4.69, 9.17) is 28.9 Å². The van der Waals surface area contributed by atoms with Crippen molar-refractivity contribution < 1.29 is 18.9 Å².